The fourth-order valence-corrected chi connectivity index (χ4v) is 2.70. The molecule has 0 amide bonds. The van der Waals surface area contributed by atoms with E-state index in [2.05, 4.69) is 16.3 Å². The first-order chi connectivity index (χ1) is 7.60. The van der Waals surface area contributed by atoms with Crippen molar-refractivity contribution in [3.8, 4) is 0 Å². The molecule has 2 heterocycles. The van der Waals surface area contributed by atoms with Gasteiger partial charge in [0.05, 0.1) is 0 Å². The van der Waals surface area contributed by atoms with Crippen LogP contribution in [0.4, 0.5) is 0 Å². The van der Waals surface area contributed by atoms with Gasteiger partial charge in [-0.05, 0) is 24.3 Å². The summed E-state index contributed by atoms with van der Waals surface area (Å²) in [7, 11) is 0. The van der Waals surface area contributed by atoms with E-state index >= 15 is 0 Å². The Morgan fingerprint density at radius 2 is 2.50 bits per heavy atom. The lowest BCUT2D eigenvalue weighted by Crippen LogP contribution is -2.50. The lowest BCUT2D eigenvalue weighted by atomic mass is 10.0. The summed E-state index contributed by atoms with van der Waals surface area (Å²) in [5.41, 5.74) is 4.77. The van der Waals surface area contributed by atoms with Crippen LogP contribution in [-0.4, -0.2) is 41.1 Å². The molecule has 16 heavy (non-hydrogen) atoms. The first-order valence-corrected chi connectivity index (χ1v) is 6.25. The summed E-state index contributed by atoms with van der Waals surface area (Å²) in [5.74, 6) is -0.883. The van der Waals surface area contributed by atoms with Gasteiger partial charge in [-0.2, -0.15) is 0 Å². The molecule has 1 fully saturated rings. The third kappa shape index (κ3) is 2.42. The Morgan fingerprint density at radius 1 is 1.69 bits per heavy atom. The Hall–Kier alpha value is -0.910. The monoisotopic (exact) mass is 240 g/mol. The van der Waals surface area contributed by atoms with E-state index in [1.165, 1.54) is 4.88 Å². The molecule has 1 atom stereocenters. The molecule has 0 spiro atoms. The normalized spacial score (nSPS) is 26.1. The maximum absolute atomic E-state index is 11.0. The zero-order valence-electron chi connectivity index (χ0n) is 9.06. The molecule has 5 heteroatoms. The second-order valence-corrected chi connectivity index (χ2v) is 5.35. The second-order valence-electron chi connectivity index (χ2n) is 4.32. The predicted octanol–water partition coefficient (Wildman–Crippen LogP) is 0.778. The lowest BCUT2D eigenvalue weighted by molar-refractivity contribution is -0.142. The lowest BCUT2D eigenvalue weighted by Gasteiger charge is -2.19. The number of thiophene rings is 1. The number of carboxylic acids is 1. The van der Waals surface area contributed by atoms with E-state index in [1.807, 2.05) is 6.07 Å². The minimum absolute atomic E-state index is 0.466. The Labute approximate surface area is 98.7 Å². The Bertz CT molecular complexity index is 366. The summed E-state index contributed by atoms with van der Waals surface area (Å²) >= 11 is 1.74. The van der Waals surface area contributed by atoms with Gasteiger partial charge >= 0.3 is 5.97 Å². The van der Waals surface area contributed by atoms with Crippen molar-refractivity contribution in [2.45, 2.75) is 18.4 Å². The Balaban J connectivity index is 1.83. The van der Waals surface area contributed by atoms with Gasteiger partial charge in [-0.15, -0.1) is 11.3 Å². The fraction of sp³-hybridized carbons (Fsp3) is 0.545. The Kier molecular flexibility index (Phi) is 3.28. The fourth-order valence-electron chi connectivity index (χ4n) is 2.00. The molecular weight excluding hydrogens is 224 g/mol. The first kappa shape index (κ1) is 11.6. The number of carboxylic acid groups (broad SMARTS) is 1. The molecule has 1 aromatic heterocycles. The highest BCUT2D eigenvalue weighted by Gasteiger charge is 2.40. The third-order valence-electron chi connectivity index (χ3n) is 3.06. The van der Waals surface area contributed by atoms with Crippen molar-refractivity contribution in [3.63, 3.8) is 0 Å². The average Bonchev–Trinajstić information content (AvgIpc) is 2.85. The van der Waals surface area contributed by atoms with Crippen LogP contribution in [0.15, 0.2) is 17.5 Å². The van der Waals surface area contributed by atoms with E-state index in [1.54, 1.807) is 11.3 Å². The van der Waals surface area contributed by atoms with Gasteiger partial charge < -0.3 is 15.7 Å². The molecule has 0 aromatic carbocycles. The minimum Gasteiger partial charge on any atom is -0.480 e. The zero-order chi connectivity index (χ0) is 11.6. The highest BCUT2D eigenvalue weighted by molar-refractivity contribution is 7.09. The van der Waals surface area contributed by atoms with Crippen LogP contribution in [0.2, 0.25) is 0 Å². The SMILES string of the molecule is NC1(C(=O)O)CCN(CCc2cccs2)C1. The maximum Gasteiger partial charge on any atom is 0.325 e. The smallest absolute Gasteiger partial charge is 0.325 e. The quantitative estimate of drug-likeness (QED) is 0.816. The van der Waals surface area contributed by atoms with Crippen LogP contribution in [0.3, 0.4) is 0 Å². The van der Waals surface area contributed by atoms with Gasteiger partial charge in [-0.3, -0.25) is 4.79 Å². The third-order valence-corrected chi connectivity index (χ3v) is 4.00. The van der Waals surface area contributed by atoms with Crippen molar-refractivity contribution in [3.05, 3.63) is 22.4 Å². The molecule has 3 N–H and O–H groups in total. The number of likely N-dealkylation sites (tertiary alicyclic amines) is 1. The second kappa shape index (κ2) is 4.53. The molecule has 1 unspecified atom stereocenters. The standard InChI is InChI=1S/C11H16N2O2S/c12-11(10(14)15)4-6-13(8-11)5-3-9-2-1-7-16-9/h1-2,7H,3-6,8,12H2,(H,14,15). The molecule has 1 aliphatic heterocycles. The molecule has 1 aromatic rings. The molecule has 1 saturated heterocycles. The number of nitrogens with two attached hydrogens (primary N) is 1. The van der Waals surface area contributed by atoms with Crippen molar-refractivity contribution in [1.82, 2.24) is 4.90 Å². The molecule has 1 aliphatic rings. The number of aliphatic carboxylic acids is 1. The molecule has 0 saturated carbocycles. The molecule has 2 rings (SSSR count). The molecule has 0 bridgehead atoms. The van der Waals surface area contributed by atoms with Crippen LogP contribution in [0.25, 0.3) is 0 Å². The van der Waals surface area contributed by atoms with Crippen molar-refractivity contribution < 1.29 is 9.90 Å². The van der Waals surface area contributed by atoms with Gasteiger partial charge in [0, 0.05) is 24.5 Å². The number of carbonyl (C=O) groups is 1. The summed E-state index contributed by atoms with van der Waals surface area (Å²) in [4.78, 5) is 14.4. The summed E-state index contributed by atoms with van der Waals surface area (Å²) < 4.78 is 0. The molecule has 4 nitrogen and oxygen atoms in total. The number of hydrogen-bond acceptors (Lipinski definition) is 4. The van der Waals surface area contributed by atoms with Gasteiger partial charge in [-0.25, -0.2) is 0 Å². The van der Waals surface area contributed by atoms with Crippen LogP contribution >= 0.6 is 11.3 Å². The summed E-state index contributed by atoms with van der Waals surface area (Å²) in [5, 5.41) is 11.1. The van der Waals surface area contributed by atoms with Gasteiger partial charge in [0.2, 0.25) is 0 Å². The van der Waals surface area contributed by atoms with Gasteiger partial charge in [-0.1, -0.05) is 6.07 Å². The topological polar surface area (TPSA) is 66.6 Å². The van der Waals surface area contributed by atoms with Gasteiger partial charge in [0.1, 0.15) is 5.54 Å². The minimum atomic E-state index is -1.03. The van der Waals surface area contributed by atoms with Crippen molar-refractivity contribution in [2.75, 3.05) is 19.6 Å². The predicted molar refractivity (Wildman–Crippen MR) is 63.6 cm³/mol. The number of hydrogen-bond donors (Lipinski definition) is 2. The number of rotatable bonds is 4. The molecular formula is C11H16N2O2S. The van der Waals surface area contributed by atoms with Crippen LogP contribution in [0.5, 0.6) is 0 Å². The van der Waals surface area contributed by atoms with E-state index in [9.17, 15) is 4.79 Å². The summed E-state index contributed by atoms with van der Waals surface area (Å²) in [6, 6.07) is 4.14. The van der Waals surface area contributed by atoms with Crippen molar-refractivity contribution in [2.24, 2.45) is 5.73 Å². The Morgan fingerprint density at radius 3 is 3.06 bits per heavy atom. The highest BCUT2D eigenvalue weighted by atomic mass is 32.1. The molecule has 88 valence electrons. The van der Waals surface area contributed by atoms with E-state index in [4.69, 9.17) is 10.8 Å². The van der Waals surface area contributed by atoms with Crippen molar-refractivity contribution in [1.29, 1.82) is 0 Å². The van der Waals surface area contributed by atoms with Gasteiger partial charge in [0.25, 0.3) is 0 Å². The highest BCUT2D eigenvalue weighted by Crippen LogP contribution is 2.19. The van der Waals surface area contributed by atoms with Crippen LogP contribution < -0.4 is 5.73 Å². The average molecular weight is 240 g/mol. The zero-order valence-corrected chi connectivity index (χ0v) is 9.87. The van der Waals surface area contributed by atoms with Gasteiger partial charge in [0.15, 0.2) is 0 Å². The van der Waals surface area contributed by atoms with Crippen LogP contribution in [0, 0.1) is 0 Å². The van der Waals surface area contributed by atoms with Crippen LogP contribution in [-0.2, 0) is 11.2 Å². The van der Waals surface area contributed by atoms with Crippen LogP contribution in [0.1, 0.15) is 11.3 Å². The molecule has 0 radical (unpaired) electrons. The van der Waals surface area contributed by atoms with E-state index in [0.29, 0.717) is 13.0 Å². The maximum atomic E-state index is 11.0. The van der Waals surface area contributed by atoms with E-state index < -0.39 is 11.5 Å². The summed E-state index contributed by atoms with van der Waals surface area (Å²) in [6.45, 7) is 2.15. The van der Waals surface area contributed by atoms with Crippen molar-refractivity contribution >= 4 is 17.3 Å². The largest absolute Gasteiger partial charge is 0.480 e. The van der Waals surface area contributed by atoms with E-state index in [0.717, 1.165) is 19.5 Å². The number of nitrogens with zero attached hydrogens (tertiary/aromatic N) is 1. The summed E-state index contributed by atoms with van der Waals surface area (Å²) in [6.07, 6.45) is 1.53. The molecule has 0 aliphatic carbocycles. The van der Waals surface area contributed by atoms with E-state index in [-0.39, 0.29) is 0 Å². The first-order valence-electron chi connectivity index (χ1n) is 5.37.